The average molecular weight is 253 g/mol. The molecular weight excluding hydrogens is 235 g/mol. The van der Waals surface area contributed by atoms with E-state index in [0.29, 0.717) is 19.6 Å². The van der Waals surface area contributed by atoms with Gasteiger partial charge >= 0.3 is 12.2 Å². The van der Waals surface area contributed by atoms with Crippen LogP contribution in [0.2, 0.25) is 0 Å². The number of nitrogens with one attached hydrogen (secondary N) is 1. The van der Waals surface area contributed by atoms with Crippen molar-refractivity contribution in [1.29, 1.82) is 0 Å². The van der Waals surface area contributed by atoms with Crippen LogP contribution in [0.4, 0.5) is 18.0 Å². The summed E-state index contributed by atoms with van der Waals surface area (Å²) in [5.74, 6) is 0. The molecule has 2 amide bonds. The van der Waals surface area contributed by atoms with Crippen LogP contribution in [0.1, 0.15) is 13.8 Å². The molecule has 4 nitrogen and oxygen atoms in total. The summed E-state index contributed by atoms with van der Waals surface area (Å²) in [6.07, 6.45) is -4.36. The summed E-state index contributed by atoms with van der Waals surface area (Å²) in [6, 6.07) is -0.650. The molecule has 0 radical (unpaired) electrons. The second-order valence-corrected chi connectivity index (χ2v) is 4.93. The molecule has 1 aliphatic rings. The van der Waals surface area contributed by atoms with Crippen molar-refractivity contribution in [2.24, 2.45) is 0 Å². The summed E-state index contributed by atoms with van der Waals surface area (Å²) < 4.78 is 35.9. The van der Waals surface area contributed by atoms with E-state index in [2.05, 4.69) is 4.90 Å². The summed E-state index contributed by atoms with van der Waals surface area (Å²) >= 11 is 0. The summed E-state index contributed by atoms with van der Waals surface area (Å²) in [5, 5.41) is 1.89. The van der Waals surface area contributed by atoms with Crippen molar-refractivity contribution in [3.63, 3.8) is 0 Å². The Hall–Kier alpha value is -0.980. The third-order valence-electron chi connectivity index (χ3n) is 3.04. The molecule has 0 aromatic heterocycles. The number of amides is 2. The van der Waals surface area contributed by atoms with Crippen molar-refractivity contribution >= 4 is 6.03 Å². The Morgan fingerprint density at radius 2 is 1.94 bits per heavy atom. The van der Waals surface area contributed by atoms with Gasteiger partial charge in [-0.1, -0.05) is 0 Å². The van der Waals surface area contributed by atoms with Gasteiger partial charge in [-0.3, -0.25) is 4.90 Å². The number of carbonyl (C=O) groups excluding carboxylic acids is 1. The minimum atomic E-state index is -4.36. The number of alkyl halides is 3. The van der Waals surface area contributed by atoms with Gasteiger partial charge in [-0.05, 0) is 20.9 Å². The molecule has 0 aliphatic carbocycles. The lowest BCUT2D eigenvalue weighted by molar-refractivity contribution is -0.123. The van der Waals surface area contributed by atoms with E-state index >= 15 is 0 Å². The molecule has 0 bridgehead atoms. The van der Waals surface area contributed by atoms with Crippen LogP contribution >= 0.6 is 0 Å². The smallest absolute Gasteiger partial charge is 0.329 e. The molecular formula is C10H18F3N3O. The molecule has 1 N–H and O–H groups in total. The van der Waals surface area contributed by atoms with Crippen LogP contribution in [0, 0.1) is 0 Å². The zero-order valence-electron chi connectivity index (χ0n) is 10.3. The van der Waals surface area contributed by atoms with Crippen molar-refractivity contribution in [2.45, 2.75) is 25.6 Å². The monoisotopic (exact) mass is 253 g/mol. The first-order valence-corrected chi connectivity index (χ1v) is 5.42. The highest BCUT2D eigenvalue weighted by Crippen LogP contribution is 2.19. The first kappa shape index (κ1) is 14.1. The maximum absolute atomic E-state index is 12.0. The van der Waals surface area contributed by atoms with Gasteiger partial charge in [-0.2, -0.15) is 13.2 Å². The fraction of sp³-hybridized carbons (Fsp3) is 0.900. The molecule has 1 saturated heterocycles. The minimum Gasteiger partial charge on any atom is -0.329 e. The fourth-order valence-corrected chi connectivity index (χ4v) is 1.70. The number of rotatable bonds is 1. The van der Waals surface area contributed by atoms with Crippen LogP contribution in [0.25, 0.3) is 0 Å². The normalized spacial score (nSPS) is 21.4. The molecule has 100 valence electrons. The Bertz CT molecular complexity index is 291. The molecule has 0 atom stereocenters. The number of likely N-dealkylation sites (N-methyl/N-ethyl adjacent to an activating group) is 1. The van der Waals surface area contributed by atoms with E-state index in [4.69, 9.17) is 0 Å². The van der Waals surface area contributed by atoms with E-state index in [-0.39, 0.29) is 5.54 Å². The van der Waals surface area contributed by atoms with Crippen molar-refractivity contribution in [2.75, 3.05) is 33.2 Å². The lowest BCUT2D eigenvalue weighted by Crippen LogP contribution is -2.60. The van der Waals surface area contributed by atoms with Crippen LogP contribution in [0.3, 0.4) is 0 Å². The summed E-state index contributed by atoms with van der Waals surface area (Å²) in [5.41, 5.74) is -0.214. The highest BCUT2D eigenvalue weighted by Gasteiger charge is 2.34. The maximum atomic E-state index is 12.0. The van der Waals surface area contributed by atoms with Crippen molar-refractivity contribution in [3.8, 4) is 0 Å². The molecule has 7 heteroatoms. The molecule has 0 unspecified atom stereocenters. The van der Waals surface area contributed by atoms with E-state index < -0.39 is 18.8 Å². The predicted molar refractivity (Wildman–Crippen MR) is 57.7 cm³/mol. The van der Waals surface area contributed by atoms with E-state index in [1.807, 2.05) is 26.2 Å². The van der Waals surface area contributed by atoms with Gasteiger partial charge < -0.3 is 10.2 Å². The minimum absolute atomic E-state index is 0.214. The van der Waals surface area contributed by atoms with Crippen LogP contribution in [-0.2, 0) is 0 Å². The summed E-state index contributed by atoms with van der Waals surface area (Å²) in [7, 11) is 1.94. The fourth-order valence-electron chi connectivity index (χ4n) is 1.70. The highest BCUT2D eigenvalue weighted by atomic mass is 19.4. The zero-order chi connectivity index (χ0) is 13.3. The molecule has 1 fully saturated rings. The number of halogens is 3. The Balaban J connectivity index is 2.49. The summed E-state index contributed by atoms with van der Waals surface area (Å²) in [4.78, 5) is 15.0. The van der Waals surface area contributed by atoms with E-state index in [1.54, 1.807) is 0 Å². The highest BCUT2D eigenvalue weighted by molar-refractivity contribution is 5.74. The van der Waals surface area contributed by atoms with Gasteiger partial charge in [0.05, 0.1) is 0 Å². The predicted octanol–water partition coefficient (Wildman–Crippen LogP) is 1.28. The van der Waals surface area contributed by atoms with Crippen molar-refractivity contribution < 1.29 is 18.0 Å². The molecule has 17 heavy (non-hydrogen) atoms. The number of hydrogen-bond acceptors (Lipinski definition) is 2. The van der Waals surface area contributed by atoms with Crippen LogP contribution in [-0.4, -0.2) is 60.8 Å². The third kappa shape index (κ3) is 4.07. The number of urea groups is 1. The van der Waals surface area contributed by atoms with Gasteiger partial charge in [-0.15, -0.1) is 0 Å². The number of carbonyl (C=O) groups is 1. The summed E-state index contributed by atoms with van der Waals surface area (Å²) in [6.45, 7) is 4.16. The standard InChI is InChI=1S/C10H18F3N3O/c1-9(2)7-16(5-4-15(9)3)8(17)14-6-10(11,12)13/h4-7H2,1-3H3,(H,14,17). The SMILES string of the molecule is CN1CCN(C(=O)NCC(F)(F)F)CC1(C)C. The average Bonchev–Trinajstić information content (AvgIpc) is 2.17. The van der Waals surface area contributed by atoms with Gasteiger partial charge in [0.2, 0.25) is 0 Å². The number of hydrogen-bond donors (Lipinski definition) is 1. The van der Waals surface area contributed by atoms with Gasteiger partial charge in [0.25, 0.3) is 0 Å². The van der Waals surface area contributed by atoms with E-state index in [1.165, 1.54) is 4.90 Å². The molecule has 0 aromatic rings. The molecule has 0 spiro atoms. The van der Waals surface area contributed by atoms with Crippen molar-refractivity contribution in [3.05, 3.63) is 0 Å². The second kappa shape index (κ2) is 4.72. The number of piperazine rings is 1. The van der Waals surface area contributed by atoms with Gasteiger partial charge in [-0.25, -0.2) is 4.79 Å². The first-order chi connectivity index (χ1) is 7.62. The number of nitrogens with zero attached hydrogens (tertiary/aromatic N) is 2. The molecule has 1 aliphatic heterocycles. The first-order valence-electron chi connectivity index (χ1n) is 5.42. The Labute approximate surface area is 98.7 Å². The molecule has 1 rings (SSSR count). The lowest BCUT2D eigenvalue weighted by Gasteiger charge is -2.45. The molecule has 1 heterocycles. The Morgan fingerprint density at radius 1 is 1.35 bits per heavy atom. The van der Waals surface area contributed by atoms with Gasteiger partial charge in [0, 0.05) is 25.2 Å². The Morgan fingerprint density at radius 3 is 2.41 bits per heavy atom. The Kier molecular flexibility index (Phi) is 3.91. The maximum Gasteiger partial charge on any atom is 0.405 e. The molecule has 0 aromatic carbocycles. The van der Waals surface area contributed by atoms with Gasteiger partial charge in [0.1, 0.15) is 6.54 Å². The van der Waals surface area contributed by atoms with Gasteiger partial charge in [0.15, 0.2) is 0 Å². The third-order valence-corrected chi connectivity index (χ3v) is 3.04. The van der Waals surface area contributed by atoms with Crippen LogP contribution in [0.15, 0.2) is 0 Å². The largest absolute Gasteiger partial charge is 0.405 e. The second-order valence-electron chi connectivity index (χ2n) is 4.93. The van der Waals surface area contributed by atoms with Crippen LogP contribution < -0.4 is 5.32 Å². The topological polar surface area (TPSA) is 35.6 Å². The molecule has 0 saturated carbocycles. The van der Waals surface area contributed by atoms with E-state index in [0.717, 1.165) is 0 Å². The lowest BCUT2D eigenvalue weighted by atomic mass is 10.0. The zero-order valence-corrected chi connectivity index (χ0v) is 10.3. The van der Waals surface area contributed by atoms with E-state index in [9.17, 15) is 18.0 Å². The van der Waals surface area contributed by atoms with Crippen molar-refractivity contribution in [1.82, 2.24) is 15.1 Å². The quantitative estimate of drug-likeness (QED) is 0.764. The van der Waals surface area contributed by atoms with Crippen LogP contribution in [0.5, 0.6) is 0 Å².